The molecule has 3 amide bonds. The number of thiocarbonyl (C=S) groups is 1. The van der Waals surface area contributed by atoms with Gasteiger partial charge in [0.25, 0.3) is 11.8 Å². The molecular weight excluding hydrogens is 388 g/mol. The van der Waals surface area contributed by atoms with Gasteiger partial charge in [0.05, 0.1) is 5.69 Å². The van der Waals surface area contributed by atoms with Crippen molar-refractivity contribution in [2.45, 2.75) is 0 Å². The van der Waals surface area contributed by atoms with Crippen molar-refractivity contribution in [2.75, 3.05) is 4.90 Å². The lowest BCUT2D eigenvalue weighted by Crippen LogP contribution is -2.58. The zero-order chi connectivity index (χ0) is 19.4. The van der Waals surface area contributed by atoms with Gasteiger partial charge in [0.2, 0.25) is 5.91 Å². The monoisotopic (exact) mass is 400 g/mol. The summed E-state index contributed by atoms with van der Waals surface area (Å²) in [6.45, 7) is 0. The predicted molar refractivity (Wildman–Crippen MR) is 106 cm³/mol. The van der Waals surface area contributed by atoms with E-state index in [1.54, 1.807) is 54.6 Å². The summed E-state index contributed by atoms with van der Waals surface area (Å²) in [6.07, 6.45) is 1.07. The molecule has 0 aliphatic carbocycles. The van der Waals surface area contributed by atoms with Crippen molar-refractivity contribution >= 4 is 58.6 Å². The Hall–Kier alpha value is -3.10. The average Bonchev–Trinajstić information content (AvgIpc) is 2.66. The topological polar surface area (TPSA) is 90.9 Å². The van der Waals surface area contributed by atoms with Crippen LogP contribution in [0.15, 0.2) is 59.7 Å². The molecule has 0 spiro atoms. The Kier molecular flexibility index (Phi) is 5.58. The van der Waals surface area contributed by atoms with Crippen LogP contribution in [0.1, 0.15) is 10.4 Å². The Morgan fingerprint density at radius 1 is 1.15 bits per heavy atom. The van der Waals surface area contributed by atoms with Crippen LogP contribution in [0, 0.1) is 5.92 Å². The van der Waals surface area contributed by atoms with Crippen LogP contribution in [0.5, 0.6) is 0 Å². The summed E-state index contributed by atoms with van der Waals surface area (Å²) in [5, 5.41) is 6.66. The van der Waals surface area contributed by atoms with Crippen LogP contribution in [-0.2, 0) is 9.59 Å². The van der Waals surface area contributed by atoms with Gasteiger partial charge >= 0.3 is 0 Å². The fourth-order valence-electron chi connectivity index (χ4n) is 2.38. The number of benzene rings is 2. The quantitative estimate of drug-likeness (QED) is 0.356. The van der Waals surface area contributed by atoms with Gasteiger partial charge < -0.3 is 5.32 Å². The smallest absolute Gasteiger partial charge is 0.271 e. The molecule has 0 saturated carbocycles. The first-order chi connectivity index (χ1) is 13.0. The van der Waals surface area contributed by atoms with Gasteiger partial charge in [-0.2, -0.15) is 5.10 Å². The number of hydrogen-bond acceptors (Lipinski definition) is 5. The number of hydrazone groups is 1. The van der Waals surface area contributed by atoms with Crippen molar-refractivity contribution in [3.05, 3.63) is 65.2 Å². The molecule has 1 fully saturated rings. The summed E-state index contributed by atoms with van der Waals surface area (Å²) in [5.74, 6) is -2.89. The molecule has 0 aromatic heterocycles. The van der Waals surface area contributed by atoms with Gasteiger partial charge in [-0.3, -0.25) is 19.3 Å². The Morgan fingerprint density at radius 3 is 2.48 bits per heavy atom. The molecule has 1 saturated heterocycles. The second-order valence-electron chi connectivity index (χ2n) is 5.51. The summed E-state index contributed by atoms with van der Waals surface area (Å²) in [6, 6.07) is 14.8. The minimum atomic E-state index is -1.23. The summed E-state index contributed by atoms with van der Waals surface area (Å²) in [4.78, 5) is 38.0. The normalized spacial score (nSPS) is 17.1. The lowest BCUT2D eigenvalue weighted by Gasteiger charge is -2.30. The van der Waals surface area contributed by atoms with E-state index in [1.807, 2.05) is 0 Å². The van der Waals surface area contributed by atoms with E-state index in [-0.39, 0.29) is 5.11 Å². The van der Waals surface area contributed by atoms with Crippen LogP contribution in [0.3, 0.4) is 0 Å². The van der Waals surface area contributed by atoms with Crippen molar-refractivity contribution in [3.8, 4) is 0 Å². The van der Waals surface area contributed by atoms with Gasteiger partial charge in [-0.1, -0.05) is 29.8 Å². The molecule has 27 heavy (non-hydrogen) atoms. The summed E-state index contributed by atoms with van der Waals surface area (Å²) in [7, 11) is 0. The SMILES string of the molecule is O=C(N/N=C\[C@H]1C(=O)NC(=S)N(c2ccc(Cl)cc2)C1=O)c1ccccc1. The number of carbonyl (C=O) groups is 3. The third-order valence-corrected chi connectivity index (χ3v) is 4.25. The fourth-order valence-corrected chi connectivity index (χ4v) is 2.80. The maximum atomic E-state index is 12.7. The molecule has 0 radical (unpaired) electrons. The van der Waals surface area contributed by atoms with E-state index < -0.39 is 23.6 Å². The molecule has 2 aromatic rings. The highest BCUT2D eigenvalue weighted by Gasteiger charge is 2.38. The zero-order valence-corrected chi connectivity index (χ0v) is 15.3. The Labute approximate surface area is 165 Å². The number of rotatable bonds is 4. The van der Waals surface area contributed by atoms with Gasteiger partial charge in [0.15, 0.2) is 11.0 Å². The molecule has 0 unspecified atom stereocenters. The van der Waals surface area contributed by atoms with E-state index in [1.165, 1.54) is 4.90 Å². The third-order valence-electron chi connectivity index (χ3n) is 3.71. The molecule has 1 aliphatic heterocycles. The van der Waals surface area contributed by atoms with Gasteiger partial charge in [-0.15, -0.1) is 0 Å². The highest BCUT2D eigenvalue weighted by molar-refractivity contribution is 7.80. The molecule has 2 N–H and O–H groups in total. The minimum Gasteiger partial charge on any atom is -0.301 e. The van der Waals surface area contributed by atoms with Crippen molar-refractivity contribution in [1.29, 1.82) is 0 Å². The Morgan fingerprint density at radius 2 is 1.81 bits per heavy atom. The second kappa shape index (κ2) is 8.07. The average molecular weight is 401 g/mol. The van der Waals surface area contributed by atoms with E-state index in [9.17, 15) is 14.4 Å². The Bertz CT molecular complexity index is 931. The number of carbonyl (C=O) groups excluding carboxylic acids is 3. The summed E-state index contributed by atoms with van der Waals surface area (Å²) < 4.78 is 0. The molecule has 1 aliphatic rings. The number of anilines is 1. The predicted octanol–water partition coefficient (Wildman–Crippen LogP) is 2.12. The van der Waals surface area contributed by atoms with Crippen molar-refractivity contribution < 1.29 is 14.4 Å². The van der Waals surface area contributed by atoms with Crippen molar-refractivity contribution in [3.63, 3.8) is 0 Å². The minimum absolute atomic E-state index is 0.0368. The summed E-state index contributed by atoms with van der Waals surface area (Å²) >= 11 is 10.9. The van der Waals surface area contributed by atoms with E-state index in [0.717, 1.165) is 6.21 Å². The van der Waals surface area contributed by atoms with E-state index in [2.05, 4.69) is 15.8 Å². The van der Waals surface area contributed by atoms with Crippen LogP contribution < -0.4 is 15.6 Å². The first kappa shape index (κ1) is 18.7. The standard InChI is InChI=1S/C18H13ClN4O3S/c19-12-6-8-13(9-7-12)23-17(26)14(16(25)21-18(23)27)10-20-22-15(24)11-4-2-1-3-5-11/h1-10,14H,(H,22,24)(H,21,25,27)/b20-10-/t14-/m0/s1. The second-order valence-corrected chi connectivity index (χ2v) is 6.33. The van der Waals surface area contributed by atoms with Crippen LogP contribution in [0.2, 0.25) is 5.02 Å². The molecule has 7 nitrogen and oxygen atoms in total. The highest BCUT2D eigenvalue weighted by Crippen LogP contribution is 2.22. The van der Waals surface area contributed by atoms with Crippen molar-refractivity contribution in [2.24, 2.45) is 11.0 Å². The van der Waals surface area contributed by atoms with Crippen LogP contribution in [-0.4, -0.2) is 29.0 Å². The lowest BCUT2D eigenvalue weighted by atomic mass is 10.1. The maximum Gasteiger partial charge on any atom is 0.271 e. The first-order valence-electron chi connectivity index (χ1n) is 7.80. The van der Waals surface area contributed by atoms with Gasteiger partial charge in [-0.05, 0) is 48.6 Å². The van der Waals surface area contributed by atoms with Gasteiger partial charge in [0.1, 0.15) is 0 Å². The van der Waals surface area contributed by atoms with Gasteiger partial charge in [-0.25, -0.2) is 5.43 Å². The molecule has 1 heterocycles. The fraction of sp³-hybridized carbons (Fsp3) is 0.0556. The summed E-state index contributed by atoms with van der Waals surface area (Å²) in [5.41, 5.74) is 3.15. The van der Waals surface area contributed by atoms with Crippen LogP contribution >= 0.6 is 23.8 Å². The van der Waals surface area contributed by atoms with Gasteiger partial charge in [0, 0.05) is 16.8 Å². The van der Waals surface area contributed by atoms with Crippen LogP contribution in [0.25, 0.3) is 0 Å². The number of halogens is 1. The van der Waals surface area contributed by atoms with E-state index >= 15 is 0 Å². The number of nitrogens with one attached hydrogen (secondary N) is 2. The van der Waals surface area contributed by atoms with E-state index in [4.69, 9.17) is 23.8 Å². The first-order valence-corrected chi connectivity index (χ1v) is 8.59. The molecule has 9 heteroatoms. The highest BCUT2D eigenvalue weighted by atomic mass is 35.5. The van der Waals surface area contributed by atoms with Crippen LogP contribution in [0.4, 0.5) is 5.69 Å². The zero-order valence-electron chi connectivity index (χ0n) is 13.8. The molecule has 136 valence electrons. The number of amides is 3. The molecule has 2 aromatic carbocycles. The Balaban J connectivity index is 1.75. The molecule has 0 bridgehead atoms. The lowest BCUT2D eigenvalue weighted by molar-refractivity contribution is -0.130. The molecule has 1 atom stereocenters. The number of nitrogens with zero attached hydrogens (tertiary/aromatic N) is 2. The maximum absolute atomic E-state index is 12.7. The largest absolute Gasteiger partial charge is 0.301 e. The van der Waals surface area contributed by atoms with Crippen molar-refractivity contribution in [1.82, 2.24) is 10.7 Å². The molecule has 3 rings (SSSR count). The molecular formula is C18H13ClN4O3S. The van der Waals surface area contributed by atoms with E-state index in [0.29, 0.717) is 16.3 Å². The number of hydrogen-bond donors (Lipinski definition) is 2. The third kappa shape index (κ3) is 4.18.